The van der Waals surface area contributed by atoms with E-state index >= 15 is 0 Å². The van der Waals surface area contributed by atoms with Gasteiger partial charge in [-0.3, -0.25) is 19.2 Å². The van der Waals surface area contributed by atoms with Gasteiger partial charge in [0.1, 0.15) is 0 Å². The standard InChI is InChI=1S/C28H20O4S4/c29-21-9-10-23(31)27-15-7-19(35-27)3-4-20-8-16-28(36-20)24(32)12-11-22(30)26-14-6-18(34-26)2-1-17-5-13-25(21)33-17/h1-8,13-16H,9-12H2/b2-1-,4-3-. The van der Waals surface area contributed by atoms with Crippen molar-refractivity contribution in [1.82, 2.24) is 0 Å². The topological polar surface area (TPSA) is 68.3 Å². The van der Waals surface area contributed by atoms with E-state index in [1.54, 1.807) is 24.3 Å². The number of carbonyl (C=O) groups excluding carboxylic acids is 4. The average molecular weight is 549 g/mol. The molecule has 1 aliphatic heterocycles. The van der Waals surface area contributed by atoms with E-state index in [9.17, 15) is 19.2 Å². The first-order valence-corrected chi connectivity index (χ1v) is 14.6. The number of thiophene rings is 4. The molecular weight excluding hydrogens is 529 g/mol. The molecule has 36 heavy (non-hydrogen) atoms. The second kappa shape index (κ2) is 10.9. The highest BCUT2D eigenvalue weighted by atomic mass is 32.1. The molecule has 4 nitrogen and oxygen atoms in total. The first-order chi connectivity index (χ1) is 17.4. The molecule has 4 aromatic rings. The van der Waals surface area contributed by atoms with Crippen LogP contribution in [0.2, 0.25) is 0 Å². The van der Waals surface area contributed by atoms with Crippen LogP contribution in [0.1, 0.15) is 83.9 Å². The Bertz CT molecular complexity index is 1290. The van der Waals surface area contributed by atoms with E-state index in [1.807, 2.05) is 48.6 Å². The molecule has 5 rings (SSSR count). The van der Waals surface area contributed by atoms with E-state index in [4.69, 9.17) is 0 Å². The first kappa shape index (κ1) is 24.6. The van der Waals surface area contributed by atoms with Crippen molar-refractivity contribution in [2.45, 2.75) is 25.7 Å². The minimum absolute atomic E-state index is 0.0359. The van der Waals surface area contributed by atoms with E-state index in [0.29, 0.717) is 19.5 Å². The maximum absolute atomic E-state index is 12.6. The minimum Gasteiger partial charge on any atom is -0.293 e. The molecule has 0 aromatic carbocycles. The molecule has 0 saturated carbocycles. The van der Waals surface area contributed by atoms with Gasteiger partial charge in [0.15, 0.2) is 23.1 Å². The van der Waals surface area contributed by atoms with Gasteiger partial charge in [0.2, 0.25) is 0 Å². The van der Waals surface area contributed by atoms with Crippen molar-refractivity contribution in [3.8, 4) is 0 Å². The van der Waals surface area contributed by atoms with E-state index in [0.717, 1.165) is 19.5 Å². The monoisotopic (exact) mass is 548 g/mol. The van der Waals surface area contributed by atoms with Crippen molar-refractivity contribution in [3.63, 3.8) is 0 Å². The average Bonchev–Trinajstić information content (AvgIpc) is 3.68. The van der Waals surface area contributed by atoms with E-state index in [1.165, 1.54) is 45.3 Å². The van der Waals surface area contributed by atoms with Crippen LogP contribution in [0.3, 0.4) is 0 Å². The molecule has 0 aliphatic carbocycles. The summed E-state index contributed by atoms with van der Waals surface area (Å²) < 4.78 is 0. The Morgan fingerprint density at radius 1 is 0.361 bits per heavy atom. The van der Waals surface area contributed by atoms with Crippen LogP contribution in [0.5, 0.6) is 0 Å². The number of fused-ring (bicyclic) bond motifs is 8. The lowest BCUT2D eigenvalue weighted by atomic mass is 10.1. The molecule has 1 aliphatic rings. The van der Waals surface area contributed by atoms with Crippen LogP contribution >= 0.6 is 45.3 Å². The molecule has 0 N–H and O–H groups in total. The second-order valence-electron chi connectivity index (χ2n) is 8.17. The smallest absolute Gasteiger partial charge is 0.173 e. The summed E-state index contributed by atoms with van der Waals surface area (Å²) >= 11 is 5.57. The normalized spacial score (nSPS) is 17.1. The van der Waals surface area contributed by atoms with Gasteiger partial charge in [-0.15, -0.1) is 45.3 Å². The Labute approximate surface area is 224 Å². The fraction of sp³-hybridized carbons (Fsp3) is 0.143. The highest BCUT2D eigenvalue weighted by molar-refractivity contribution is 7.16. The molecule has 5 heterocycles. The predicted molar refractivity (Wildman–Crippen MR) is 151 cm³/mol. The maximum Gasteiger partial charge on any atom is 0.173 e. The van der Waals surface area contributed by atoms with Crippen LogP contribution in [0.4, 0.5) is 0 Å². The third kappa shape index (κ3) is 5.84. The van der Waals surface area contributed by atoms with E-state index in [-0.39, 0.29) is 48.8 Å². The molecule has 8 heteroatoms. The van der Waals surface area contributed by atoms with Crippen LogP contribution in [0.25, 0.3) is 24.3 Å². The number of Topliss-reactive ketones (excluding diaryl/α,β-unsaturated/α-hetero) is 4. The summed E-state index contributed by atoms with van der Waals surface area (Å²) in [4.78, 5) is 56.8. The number of ketones is 4. The molecule has 180 valence electrons. The minimum atomic E-state index is -0.0359. The zero-order valence-corrected chi connectivity index (χ0v) is 22.3. The van der Waals surface area contributed by atoms with Gasteiger partial charge in [-0.05, 0) is 72.8 Å². The lowest BCUT2D eigenvalue weighted by molar-refractivity contribution is 0.0921. The Balaban J connectivity index is 1.40. The van der Waals surface area contributed by atoms with Gasteiger partial charge in [-0.1, -0.05) is 0 Å². The van der Waals surface area contributed by atoms with Gasteiger partial charge in [0, 0.05) is 45.2 Å². The van der Waals surface area contributed by atoms with Crippen molar-refractivity contribution < 1.29 is 19.2 Å². The zero-order valence-electron chi connectivity index (χ0n) is 19.0. The van der Waals surface area contributed by atoms with Gasteiger partial charge in [0.05, 0.1) is 19.5 Å². The third-order valence-corrected chi connectivity index (χ3v) is 9.95. The number of rotatable bonds is 0. The van der Waals surface area contributed by atoms with Crippen LogP contribution < -0.4 is 0 Å². The summed E-state index contributed by atoms with van der Waals surface area (Å²) in [5.74, 6) is -0.144. The van der Waals surface area contributed by atoms with E-state index < -0.39 is 0 Å². The molecule has 4 aromatic heterocycles. The fourth-order valence-corrected chi connectivity index (χ4v) is 7.16. The lowest BCUT2D eigenvalue weighted by Crippen LogP contribution is -2.02. The van der Waals surface area contributed by atoms with Gasteiger partial charge < -0.3 is 0 Å². The fourth-order valence-electron chi connectivity index (χ4n) is 3.64. The number of hydrogen-bond donors (Lipinski definition) is 0. The molecule has 8 bridgehead atoms. The van der Waals surface area contributed by atoms with Crippen molar-refractivity contribution in [2.75, 3.05) is 0 Å². The number of hydrogen-bond acceptors (Lipinski definition) is 8. The molecular formula is C28H20O4S4. The summed E-state index contributed by atoms with van der Waals surface area (Å²) in [5, 5.41) is 0. The van der Waals surface area contributed by atoms with Gasteiger partial charge in [-0.2, -0.15) is 0 Å². The maximum atomic E-state index is 12.6. The van der Waals surface area contributed by atoms with Crippen molar-refractivity contribution >= 4 is 92.8 Å². The molecule has 0 radical (unpaired) electrons. The zero-order chi connectivity index (χ0) is 25.1. The van der Waals surface area contributed by atoms with Crippen molar-refractivity contribution in [1.29, 1.82) is 0 Å². The number of carbonyl (C=O) groups is 4. The molecule has 0 spiro atoms. The summed E-state index contributed by atoms with van der Waals surface area (Å²) in [6.45, 7) is 0. The lowest BCUT2D eigenvalue weighted by Gasteiger charge is -1.97. The third-order valence-electron chi connectivity index (χ3n) is 5.59. The van der Waals surface area contributed by atoms with Crippen molar-refractivity contribution in [3.05, 3.63) is 87.5 Å². The summed E-state index contributed by atoms with van der Waals surface area (Å²) in [6, 6.07) is 14.7. The highest BCUT2D eigenvalue weighted by Crippen LogP contribution is 2.27. The SMILES string of the molecule is O=C1CCC(=O)c2ccc(s2)/C=C\c2ccc(s2)C(=O)CCC(=O)c2ccc(s2)/C=C\c2ccc1s2. The second-order valence-corrected chi connectivity index (χ2v) is 12.6. The Kier molecular flexibility index (Phi) is 7.48. The summed E-state index contributed by atoms with van der Waals surface area (Å²) in [6.07, 6.45) is 8.38. The summed E-state index contributed by atoms with van der Waals surface area (Å²) in [5.41, 5.74) is 0. The summed E-state index contributed by atoms with van der Waals surface area (Å²) in [7, 11) is 0. The molecule has 0 amide bonds. The highest BCUT2D eigenvalue weighted by Gasteiger charge is 2.16. The van der Waals surface area contributed by atoms with Crippen molar-refractivity contribution in [2.24, 2.45) is 0 Å². The Morgan fingerprint density at radius 3 is 0.806 bits per heavy atom. The van der Waals surface area contributed by atoms with Crippen LogP contribution in [0, 0.1) is 0 Å². The van der Waals surface area contributed by atoms with Gasteiger partial charge >= 0.3 is 0 Å². The van der Waals surface area contributed by atoms with Crippen LogP contribution in [-0.4, -0.2) is 23.1 Å². The predicted octanol–water partition coefficient (Wildman–Crippen LogP) is 8.28. The van der Waals surface area contributed by atoms with Crippen LogP contribution in [0.15, 0.2) is 48.5 Å². The Morgan fingerprint density at radius 2 is 0.583 bits per heavy atom. The molecule has 0 unspecified atom stereocenters. The van der Waals surface area contributed by atoms with Gasteiger partial charge in [-0.25, -0.2) is 0 Å². The van der Waals surface area contributed by atoms with E-state index in [2.05, 4.69) is 0 Å². The molecule has 0 fully saturated rings. The largest absolute Gasteiger partial charge is 0.293 e. The van der Waals surface area contributed by atoms with Crippen LogP contribution in [-0.2, 0) is 0 Å². The van der Waals surface area contributed by atoms with Gasteiger partial charge in [0.25, 0.3) is 0 Å². The first-order valence-electron chi connectivity index (χ1n) is 11.3. The molecule has 0 atom stereocenters. The Hall–Kier alpha value is -3.04. The molecule has 0 saturated heterocycles. The quantitative estimate of drug-likeness (QED) is 0.222.